The third-order valence-electron chi connectivity index (χ3n) is 3.54. The molecular formula is C18H17BrN2O5. The van der Waals surface area contributed by atoms with Crippen LogP contribution < -0.4 is 19.6 Å². The maximum atomic E-state index is 12.2. The molecular weight excluding hydrogens is 404 g/mol. The van der Waals surface area contributed by atoms with Crippen molar-refractivity contribution in [3.05, 3.63) is 45.9 Å². The monoisotopic (exact) mass is 420 g/mol. The average molecular weight is 421 g/mol. The SMILES string of the molecule is CCOc1cc(Br)cc(/C=N\NC(=O)c2ccc3c(c2)OCCO3)c1O. The van der Waals surface area contributed by atoms with Crippen molar-refractivity contribution in [2.75, 3.05) is 19.8 Å². The number of aromatic hydroxyl groups is 1. The second-order valence-electron chi connectivity index (χ2n) is 5.33. The zero-order chi connectivity index (χ0) is 18.5. The number of amides is 1. The number of ether oxygens (including phenoxy) is 3. The minimum atomic E-state index is -0.405. The zero-order valence-corrected chi connectivity index (χ0v) is 15.6. The topological polar surface area (TPSA) is 89.4 Å². The fraction of sp³-hybridized carbons (Fsp3) is 0.222. The minimum Gasteiger partial charge on any atom is -0.504 e. The Balaban J connectivity index is 1.71. The molecule has 1 heterocycles. The van der Waals surface area contributed by atoms with Gasteiger partial charge in [0.2, 0.25) is 0 Å². The van der Waals surface area contributed by atoms with Crippen LogP contribution in [-0.2, 0) is 0 Å². The molecule has 2 aromatic rings. The van der Waals surface area contributed by atoms with Gasteiger partial charge in [-0.3, -0.25) is 4.79 Å². The van der Waals surface area contributed by atoms with Gasteiger partial charge in [-0.2, -0.15) is 5.10 Å². The number of hydrogen-bond acceptors (Lipinski definition) is 6. The van der Waals surface area contributed by atoms with Gasteiger partial charge in [-0.1, -0.05) is 15.9 Å². The molecule has 0 saturated heterocycles. The van der Waals surface area contributed by atoms with Crippen molar-refractivity contribution in [3.63, 3.8) is 0 Å². The predicted molar refractivity (Wildman–Crippen MR) is 99.5 cm³/mol. The van der Waals surface area contributed by atoms with Gasteiger partial charge in [-0.05, 0) is 37.3 Å². The van der Waals surface area contributed by atoms with E-state index in [1.54, 1.807) is 30.3 Å². The molecule has 2 N–H and O–H groups in total. The van der Waals surface area contributed by atoms with Crippen molar-refractivity contribution in [3.8, 4) is 23.0 Å². The van der Waals surface area contributed by atoms with Crippen LogP contribution in [0.25, 0.3) is 0 Å². The Bertz CT molecular complexity index is 854. The van der Waals surface area contributed by atoms with Gasteiger partial charge in [0.05, 0.1) is 12.8 Å². The van der Waals surface area contributed by atoms with Gasteiger partial charge < -0.3 is 19.3 Å². The molecule has 7 nitrogen and oxygen atoms in total. The molecule has 1 aliphatic heterocycles. The number of phenolic OH excluding ortho intramolecular Hbond substituents is 1. The van der Waals surface area contributed by atoms with Gasteiger partial charge >= 0.3 is 0 Å². The summed E-state index contributed by atoms with van der Waals surface area (Å²) in [4.78, 5) is 12.2. The molecule has 8 heteroatoms. The Hall–Kier alpha value is -2.74. The summed E-state index contributed by atoms with van der Waals surface area (Å²) in [6, 6.07) is 8.23. The maximum absolute atomic E-state index is 12.2. The van der Waals surface area contributed by atoms with Crippen LogP contribution in [0.4, 0.5) is 0 Å². The molecule has 136 valence electrons. The Kier molecular flexibility index (Phi) is 5.62. The second-order valence-corrected chi connectivity index (χ2v) is 6.25. The lowest BCUT2D eigenvalue weighted by atomic mass is 10.2. The molecule has 0 radical (unpaired) electrons. The first-order valence-electron chi connectivity index (χ1n) is 7.97. The van der Waals surface area contributed by atoms with Crippen LogP contribution in [0, 0.1) is 0 Å². The first kappa shape index (κ1) is 18.1. The van der Waals surface area contributed by atoms with Gasteiger partial charge in [0.15, 0.2) is 23.0 Å². The van der Waals surface area contributed by atoms with E-state index in [1.165, 1.54) is 6.21 Å². The molecule has 1 aliphatic rings. The van der Waals surface area contributed by atoms with Crippen molar-refractivity contribution < 1.29 is 24.1 Å². The molecule has 0 atom stereocenters. The second kappa shape index (κ2) is 8.09. The standard InChI is InChI=1S/C18H17BrN2O5/c1-2-24-16-9-13(19)7-12(17(16)22)10-20-21-18(23)11-3-4-14-15(8-11)26-6-5-25-14/h3-4,7-10,22H,2,5-6H2,1H3,(H,21,23)/b20-10-. The Labute approximate surface area is 158 Å². The largest absolute Gasteiger partial charge is 0.504 e. The van der Waals surface area contributed by atoms with Crippen molar-refractivity contribution in [1.29, 1.82) is 0 Å². The van der Waals surface area contributed by atoms with Crippen molar-refractivity contribution in [1.82, 2.24) is 5.43 Å². The van der Waals surface area contributed by atoms with Crippen molar-refractivity contribution in [2.24, 2.45) is 5.10 Å². The Morgan fingerprint density at radius 3 is 2.85 bits per heavy atom. The van der Waals surface area contributed by atoms with Gasteiger partial charge in [0.1, 0.15) is 13.2 Å². The highest BCUT2D eigenvalue weighted by atomic mass is 79.9. The van der Waals surface area contributed by atoms with E-state index in [-0.39, 0.29) is 5.75 Å². The van der Waals surface area contributed by atoms with E-state index < -0.39 is 5.91 Å². The van der Waals surface area contributed by atoms with Crippen LogP contribution in [0.5, 0.6) is 23.0 Å². The lowest BCUT2D eigenvalue weighted by Gasteiger charge is -2.18. The third-order valence-corrected chi connectivity index (χ3v) is 4.00. The van der Waals surface area contributed by atoms with E-state index in [9.17, 15) is 9.90 Å². The van der Waals surface area contributed by atoms with E-state index in [1.807, 2.05) is 6.92 Å². The number of fused-ring (bicyclic) bond motifs is 1. The highest BCUT2D eigenvalue weighted by Crippen LogP contribution is 2.33. The number of carbonyl (C=O) groups excluding carboxylic acids is 1. The van der Waals surface area contributed by atoms with E-state index in [0.29, 0.717) is 48.2 Å². The molecule has 0 unspecified atom stereocenters. The summed E-state index contributed by atoms with van der Waals surface area (Å²) in [5.74, 6) is 1.02. The zero-order valence-electron chi connectivity index (χ0n) is 14.0. The number of hydrogen-bond donors (Lipinski definition) is 2. The summed E-state index contributed by atoms with van der Waals surface area (Å²) in [6.07, 6.45) is 1.35. The first-order valence-corrected chi connectivity index (χ1v) is 8.76. The Morgan fingerprint density at radius 1 is 1.31 bits per heavy atom. The van der Waals surface area contributed by atoms with Crippen molar-refractivity contribution in [2.45, 2.75) is 6.92 Å². The fourth-order valence-corrected chi connectivity index (χ4v) is 2.82. The highest BCUT2D eigenvalue weighted by molar-refractivity contribution is 9.10. The van der Waals surface area contributed by atoms with E-state index >= 15 is 0 Å². The quantitative estimate of drug-likeness (QED) is 0.572. The Morgan fingerprint density at radius 2 is 2.08 bits per heavy atom. The maximum Gasteiger partial charge on any atom is 0.271 e. The highest BCUT2D eigenvalue weighted by Gasteiger charge is 2.15. The lowest BCUT2D eigenvalue weighted by molar-refractivity contribution is 0.0954. The van der Waals surface area contributed by atoms with Gasteiger partial charge in [0, 0.05) is 15.6 Å². The van der Waals surface area contributed by atoms with Crippen LogP contribution in [0.15, 0.2) is 39.9 Å². The summed E-state index contributed by atoms with van der Waals surface area (Å²) in [5, 5.41) is 14.1. The number of benzene rings is 2. The summed E-state index contributed by atoms with van der Waals surface area (Å²) < 4.78 is 17.0. The van der Waals surface area contributed by atoms with Crippen LogP contribution in [0.3, 0.4) is 0 Å². The summed E-state index contributed by atoms with van der Waals surface area (Å²) >= 11 is 3.34. The molecule has 0 aliphatic carbocycles. The summed E-state index contributed by atoms with van der Waals surface area (Å²) in [6.45, 7) is 3.17. The number of hydrazone groups is 1. The number of rotatable bonds is 5. The van der Waals surface area contributed by atoms with E-state index in [0.717, 1.165) is 4.47 Å². The van der Waals surface area contributed by atoms with Gasteiger partial charge in [0.25, 0.3) is 5.91 Å². The van der Waals surface area contributed by atoms with Crippen LogP contribution in [0.2, 0.25) is 0 Å². The van der Waals surface area contributed by atoms with Gasteiger partial charge in [-0.15, -0.1) is 0 Å². The number of nitrogens with one attached hydrogen (secondary N) is 1. The number of nitrogens with zero attached hydrogens (tertiary/aromatic N) is 1. The molecule has 0 bridgehead atoms. The number of halogens is 1. The van der Waals surface area contributed by atoms with Crippen LogP contribution >= 0.6 is 15.9 Å². The molecule has 0 spiro atoms. The molecule has 2 aromatic carbocycles. The summed E-state index contributed by atoms with van der Waals surface area (Å²) in [5.41, 5.74) is 3.22. The predicted octanol–water partition coefficient (Wildman–Crippen LogP) is 3.09. The normalized spacial score (nSPS) is 12.8. The fourth-order valence-electron chi connectivity index (χ4n) is 2.37. The lowest BCUT2D eigenvalue weighted by Crippen LogP contribution is -2.19. The smallest absolute Gasteiger partial charge is 0.271 e. The number of carbonyl (C=O) groups is 1. The molecule has 0 saturated carbocycles. The summed E-state index contributed by atoms with van der Waals surface area (Å²) in [7, 11) is 0. The van der Waals surface area contributed by atoms with E-state index in [2.05, 4.69) is 26.5 Å². The van der Waals surface area contributed by atoms with Crippen molar-refractivity contribution >= 4 is 28.1 Å². The minimum absolute atomic E-state index is 0.0487. The molecule has 0 aromatic heterocycles. The average Bonchev–Trinajstić information content (AvgIpc) is 2.65. The number of phenols is 1. The van der Waals surface area contributed by atoms with Crippen LogP contribution in [-0.4, -0.2) is 37.0 Å². The molecule has 3 rings (SSSR count). The molecule has 26 heavy (non-hydrogen) atoms. The third kappa shape index (κ3) is 4.08. The molecule has 1 amide bonds. The van der Waals surface area contributed by atoms with E-state index in [4.69, 9.17) is 14.2 Å². The first-order chi connectivity index (χ1) is 12.6. The van der Waals surface area contributed by atoms with Crippen LogP contribution in [0.1, 0.15) is 22.8 Å². The molecule has 0 fully saturated rings. The van der Waals surface area contributed by atoms with Gasteiger partial charge in [-0.25, -0.2) is 5.43 Å².